The van der Waals surface area contributed by atoms with Gasteiger partial charge in [0.25, 0.3) is 5.91 Å². The number of hydrogen-bond acceptors (Lipinski definition) is 7. The van der Waals surface area contributed by atoms with Crippen LogP contribution in [0.5, 0.6) is 0 Å². The van der Waals surface area contributed by atoms with E-state index in [0.29, 0.717) is 49.4 Å². The van der Waals surface area contributed by atoms with Crippen molar-refractivity contribution in [2.45, 2.75) is 31.6 Å². The topological polar surface area (TPSA) is 95.5 Å². The predicted molar refractivity (Wildman–Crippen MR) is 98.8 cm³/mol. The van der Waals surface area contributed by atoms with Crippen LogP contribution in [0.1, 0.15) is 47.4 Å². The fourth-order valence-electron chi connectivity index (χ4n) is 3.75. The third-order valence-corrected chi connectivity index (χ3v) is 5.51. The lowest BCUT2D eigenvalue weighted by atomic mass is 10.0. The van der Waals surface area contributed by atoms with Gasteiger partial charge in [0, 0.05) is 52.6 Å². The Hall–Kier alpha value is -2.26. The van der Waals surface area contributed by atoms with Gasteiger partial charge in [0.2, 0.25) is 5.89 Å². The highest BCUT2D eigenvalue weighted by atomic mass is 16.5. The van der Waals surface area contributed by atoms with Crippen LogP contribution in [0.2, 0.25) is 0 Å². The largest absolute Gasteiger partial charge is 0.381 e. The monoisotopic (exact) mass is 389 g/mol. The van der Waals surface area contributed by atoms with Crippen LogP contribution in [0.15, 0.2) is 16.8 Å². The highest BCUT2D eigenvalue weighted by molar-refractivity contribution is 5.92. The second-order valence-electron chi connectivity index (χ2n) is 7.51. The number of aromatic nitrogens is 4. The van der Waals surface area contributed by atoms with Crippen LogP contribution in [0.4, 0.5) is 0 Å². The van der Waals surface area contributed by atoms with E-state index in [1.807, 2.05) is 4.90 Å². The summed E-state index contributed by atoms with van der Waals surface area (Å²) < 4.78 is 18.2. The molecule has 1 unspecified atom stereocenters. The van der Waals surface area contributed by atoms with Crippen LogP contribution in [0.3, 0.4) is 0 Å². The summed E-state index contributed by atoms with van der Waals surface area (Å²) in [5.41, 5.74) is 0.591. The Morgan fingerprint density at radius 3 is 2.96 bits per heavy atom. The number of ether oxygens (including phenoxy) is 2. The highest BCUT2D eigenvalue weighted by Gasteiger charge is 2.32. The van der Waals surface area contributed by atoms with Gasteiger partial charge in [-0.3, -0.25) is 9.48 Å². The number of likely N-dealkylation sites (tertiary alicyclic amines) is 1. The Morgan fingerprint density at radius 2 is 2.18 bits per heavy atom. The predicted octanol–water partition coefficient (Wildman–Crippen LogP) is 1.42. The average molecular weight is 389 g/mol. The normalized spacial score (nSPS) is 20.8. The first kappa shape index (κ1) is 19.1. The number of hydrogen-bond donors (Lipinski definition) is 0. The Morgan fingerprint density at radius 1 is 1.32 bits per heavy atom. The van der Waals surface area contributed by atoms with E-state index in [9.17, 15) is 4.79 Å². The van der Waals surface area contributed by atoms with Crippen LogP contribution < -0.4 is 0 Å². The summed E-state index contributed by atoms with van der Waals surface area (Å²) in [6.07, 6.45) is 5.24. The van der Waals surface area contributed by atoms with Crippen molar-refractivity contribution in [3.05, 3.63) is 29.7 Å². The number of aryl methyl sites for hydroxylation is 1. The molecule has 152 valence electrons. The number of carbonyl (C=O) groups excluding carboxylic acids is 1. The van der Waals surface area contributed by atoms with Gasteiger partial charge in [0.15, 0.2) is 5.82 Å². The summed E-state index contributed by atoms with van der Waals surface area (Å²) in [5, 5.41) is 8.14. The molecule has 0 aromatic carbocycles. The van der Waals surface area contributed by atoms with Crippen molar-refractivity contribution >= 4 is 5.91 Å². The van der Waals surface area contributed by atoms with Crippen molar-refractivity contribution in [3.63, 3.8) is 0 Å². The van der Waals surface area contributed by atoms with E-state index in [4.69, 9.17) is 14.0 Å². The third kappa shape index (κ3) is 4.41. The molecule has 2 aromatic rings. The second kappa shape index (κ2) is 8.83. The quantitative estimate of drug-likeness (QED) is 0.661. The molecule has 2 aliphatic heterocycles. The van der Waals surface area contributed by atoms with Crippen molar-refractivity contribution in [2.75, 3.05) is 39.5 Å². The zero-order chi connectivity index (χ0) is 19.3. The molecule has 4 rings (SSSR count). The van der Waals surface area contributed by atoms with Crippen LogP contribution in [-0.4, -0.2) is 70.2 Å². The minimum Gasteiger partial charge on any atom is -0.381 e. The molecule has 0 N–H and O–H groups in total. The van der Waals surface area contributed by atoms with Crippen molar-refractivity contribution < 1.29 is 18.8 Å². The van der Waals surface area contributed by atoms with Gasteiger partial charge in [0.1, 0.15) is 5.69 Å². The first-order valence-electron chi connectivity index (χ1n) is 9.96. The van der Waals surface area contributed by atoms with E-state index in [-0.39, 0.29) is 11.8 Å². The molecule has 0 aliphatic carbocycles. The Kier molecular flexibility index (Phi) is 6.01. The molecule has 0 saturated carbocycles. The maximum Gasteiger partial charge on any atom is 0.272 e. The van der Waals surface area contributed by atoms with Gasteiger partial charge < -0.3 is 18.9 Å². The summed E-state index contributed by atoms with van der Waals surface area (Å²) in [7, 11) is 1.77. The molecule has 1 amide bonds. The van der Waals surface area contributed by atoms with Gasteiger partial charge in [-0.25, -0.2) is 0 Å². The molecule has 0 radical (unpaired) electrons. The van der Waals surface area contributed by atoms with Gasteiger partial charge in [0.05, 0.1) is 12.5 Å². The fraction of sp³-hybridized carbons (Fsp3) is 0.684. The standard InChI is InChI=1S/C19H27N5O4/c1-23-16(2-7-20-23)19(25)24-8-3-15(12-24)18-21-17(22-28-18)6-11-27-13-14-4-9-26-10-5-14/h2,7,14-15H,3-6,8-13H2,1H3. The van der Waals surface area contributed by atoms with E-state index in [2.05, 4.69) is 15.2 Å². The van der Waals surface area contributed by atoms with Crippen molar-refractivity contribution in [2.24, 2.45) is 13.0 Å². The lowest BCUT2D eigenvalue weighted by Crippen LogP contribution is -2.30. The number of amides is 1. The SMILES string of the molecule is Cn1nccc1C(=O)N1CCC(c2nc(CCOCC3CCOCC3)no2)C1. The highest BCUT2D eigenvalue weighted by Crippen LogP contribution is 2.27. The molecule has 2 saturated heterocycles. The fourth-order valence-corrected chi connectivity index (χ4v) is 3.75. The van der Waals surface area contributed by atoms with Gasteiger partial charge >= 0.3 is 0 Å². The van der Waals surface area contributed by atoms with Gasteiger partial charge in [-0.15, -0.1) is 0 Å². The van der Waals surface area contributed by atoms with E-state index < -0.39 is 0 Å². The Balaban J connectivity index is 1.23. The molecule has 0 bridgehead atoms. The minimum atomic E-state index is -0.0104. The van der Waals surface area contributed by atoms with Gasteiger partial charge in [-0.05, 0) is 31.2 Å². The van der Waals surface area contributed by atoms with Crippen LogP contribution in [0.25, 0.3) is 0 Å². The van der Waals surface area contributed by atoms with Gasteiger partial charge in [-0.1, -0.05) is 5.16 Å². The lowest BCUT2D eigenvalue weighted by Gasteiger charge is -2.21. The molecule has 0 spiro atoms. The van der Waals surface area contributed by atoms with Crippen molar-refractivity contribution in [1.82, 2.24) is 24.8 Å². The molecule has 28 heavy (non-hydrogen) atoms. The first-order valence-corrected chi connectivity index (χ1v) is 9.96. The maximum atomic E-state index is 12.6. The zero-order valence-corrected chi connectivity index (χ0v) is 16.2. The van der Waals surface area contributed by atoms with Gasteiger partial charge in [-0.2, -0.15) is 10.1 Å². The van der Waals surface area contributed by atoms with Crippen LogP contribution in [0, 0.1) is 5.92 Å². The van der Waals surface area contributed by atoms with Crippen molar-refractivity contribution in [1.29, 1.82) is 0 Å². The molecular formula is C19H27N5O4. The third-order valence-electron chi connectivity index (χ3n) is 5.51. The summed E-state index contributed by atoms with van der Waals surface area (Å²) in [6, 6.07) is 1.74. The van der Waals surface area contributed by atoms with E-state index in [0.717, 1.165) is 39.1 Å². The molecule has 9 nitrogen and oxygen atoms in total. The number of carbonyl (C=O) groups is 1. The summed E-state index contributed by atoms with van der Waals surface area (Å²) >= 11 is 0. The summed E-state index contributed by atoms with van der Waals surface area (Å²) in [5.74, 6) is 1.94. The molecule has 2 aliphatic rings. The molecule has 4 heterocycles. The molecular weight excluding hydrogens is 362 g/mol. The minimum absolute atomic E-state index is 0.0104. The molecule has 2 fully saturated rings. The molecule has 9 heteroatoms. The zero-order valence-electron chi connectivity index (χ0n) is 16.2. The smallest absolute Gasteiger partial charge is 0.272 e. The maximum absolute atomic E-state index is 12.6. The van der Waals surface area contributed by atoms with E-state index >= 15 is 0 Å². The first-order chi connectivity index (χ1) is 13.7. The number of rotatable bonds is 7. The van der Waals surface area contributed by atoms with Crippen LogP contribution >= 0.6 is 0 Å². The Bertz CT molecular complexity index is 783. The Labute approximate surface area is 164 Å². The van der Waals surface area contributed by atoms with E-state index in [1.165, 1.54) is 0 Å². The molecule has 1 atom stereocenters. The van der Waals surface area contributed by atoms with E-state index in [1.54, 1.807) is 24.0 Å². The molecule has 2 aromatic heterocycles. The second-order valence-corrected chi connectivity index (χ2v) is 7.51. The van der Waals surface area contributed by atoms with Crippen molar-refractivity contribution in [3.8, 4) is 0 Å². The summed E-state index contributed by atoms with van der Waals surface area (Å²) in [6.45, 7) is 4.30. The number of nitrogens with zero attached hydrogens (tertiary/aromatic N) is 5. The average Bonchev–Trinajstić information content (AvgIpc) is 3.46. The lowest BCUT2D eigenvalue weighted by molar-refractivity contribution is 0.0211. The van der Waals surface area contributed by atoms with Crippen LogP contribution in [-0.2, 0) is 22.9 Å². The summed E-state index contributed by atoms with van der Waals surface area (Å²) in [4.78, 5) is 18.9.